The van der Waals surface area contributed by atoms with E-state index in [9.17, 15) is 4.79 Å². The summed E-state index contributed by atoms with van der Waals surface area (Å²) in [6, 6.07) is 0. The number of aliphatic imine (C=N–C) groups is 1. The van der Waals surface area contributed by atoms with Crippen molar-refractivity contribution in [3.63, 3.8) is 0 Å². The van der Waals surface area contributed by atoms with Crippen molar-refractivity contribution in [3.8, 4) is 0 Å². The number of carbonyl (C=O) groups is 1. The molecule has 1 aromatic rings. The van der Waals surface area contributed by atoms with Crippen LogP contribution in [0.25, 0.3) is 0 Å². The molecule has 7 heteroatoms. The van der Waals surface area contributed by atoms with E-state index >= 15 is 0 Å². The quantitative estimate of drug-likeness (QED) is 0.458. The third kappa shape index (κ3) is 8.45. The number of hydrogen-bond donors (Lipinski definition) is 2. The van der Waals surface area contributed by atoms with E-state index in [1.807, 2.05) is 17.9 Å². The maximum absolute atomic E-state index is 11.9. The van der Waals surface area contributed by atoms with Crippen molar-refractivity contribution < 1.29 is 4.79 Å². The Morgan fingerprint density at radius 3 is 2.63 bits per heavy atom. The second-order valence-electron chi connectivity index (χ2n) is 7.23. The number of hydrogen-bond acceptors (Lipinski definition) is 3. The van der Waals surface area contributed by atoms with Gasteiger partial charge in [-0.25, -0.2) is 4.99 Å². The Morgan fingerprint density at radius 2 is 2.04 bits per heavy atom. The van der Waals surface area contributed by atoms with E-state index in [0.717, 1.165) is 30.6 Å². The Balaban J connectivity index is 2.77. The Bertz CT molecular complexity index is 593. The van der Waals surface area contributed by atoms with Crippen LogP contribution in [-0.4, -0.2) is 53.7 Å². The maximum Gasteiger partial charge on any atom is 0.241 e. The van der Waals surface area contributed by atoms with Crippen LogP contribution < -0.4 is 10.6 Å². The van der Waals surface area contributed by atoms with E-state index in [-0.39, 0.29) is 12.5 Å². The highest BCUT2D eigenvalue weighted by Gasteiger charge is 2.11. The fraction of sp³-hybridized carbons (Fsp3) is 0.750. The van der Waals surface area contributed by atoms with Gasteiger partial charge in [-0.05, 0) is 18.8 Å². The molecule has 1 unspecified atom stereocenters. The van der Waals surface area contributed by atoms with E-state index in [4.69, 9.17) is 4.99 Å². The SMILES string of the molecule is CCCCC(CC)CNC(=NCc1cn(C)nc1CC)NCC(=O)N(C)C. The Kier molecular flexibility index (Phi) is 10.5. The Labute approximate surface area is 164 Å². The first kappa shape index (κ1) is 23.0. The molecule has 1 aromatic heterocycles. The molecule has 0 aromatic carbocycles. The average Bonchev–Trinajstić information content (AvgIpc) is 3.02. The number of likely N-dealkylation sites (N-methyl/N-ethyl adjacent to an activating group) is 1. The molecule has 7 nitrogen and oxygen atoms in total. The summed E-state index contributed by atoms with van der Waals surface area (Å²) >= 11 is 0. The third-order valence-electron chi connectivity index (χ3n) is 4.74. The van der Waals surface area contributed by atoms with Crippen LogP contribution in [-0.2, 0) is 24.8 Å². The number of guanidine groups is 1. The number of nitrogens with zero attached hydrogens (tertiary/aromatic N) is 4. The van der Waals surface area contributed by atoms with Gasteiger partial charge < -0.3 is 15.5 Å². The summed E-state index contributed by atoms with van der Waals surface area (Å²) in [7, 11) is 5.45. The smallest absolute Gasteiger partial charge is 0.241 e. The highest BCUT2D eigenvalue weighted by atomic mass is 16.2. The van der Waals surface area contributed by atoms with E-state index in [0.29, 0.717) is 18.4 Å². The standard InChI is InChI=1S/C20H38N6O/c1-7-10-11-16(8-2)12-21-20(23-14-19(27)25(4)5)22-13-17-15-26(6)24-18(17)9-3/h15-16H,7-14H2,1-6H3,(H2,21,22,23). The summed E-state index contributed by atoms with van der Waals surface area (Å²) in [5.74, 6) is 1.33. The van der Waals surface area contributed by atoms with Crippen LogP contribution in [0.1, 0.15) is 57.7 Å². The molecule has 0 saturated carbocycles. The van der Waals surface area contributed by atoms with Crippen molar-refractivity contribution in [1.29, 1.82) is 0 Å². The zero-order chi connectivity index (χ0) is 20.2. The molecule has 0 fully saturated rings. The zero-order valence-corrected chi connectivity index (χ0v) is 18.0. The maximum atomic E-state index is 11.9. The van der Waals surface area contributed by atoms with Crippen LogP contribution in [0, 0.1) is 5.92 Å². The highest BCUT2D eigenvalue weighted by molar-refractivity contribution is 5.86. The molecule has 0 aliphatic heterocycles. The molecule has 27 heavy (non-hydrogen) atoms. The largest absolute Gasteiger partial charge is 0.356 e. The minimum atomic E-state index is 0.0261. The van der Waals surface area contributed by atoms with Gasteiger partial charge in [-0.1, -0.05) is 40.0 Å². The van der Waals surface area contributed by atoms with Gasteiger partial charge in [-0.15, -0.1) is 0 Å². The number of carbonyl (C=O) groups excluding carboxylic acids is 1. The average molecular weight is 379 g/mol. The number of rotatable bonds is 11. The van der Waals surface area contributed by atoms with Gasteiger partial charge in [0.15, 0.2) is 5.96 Å². The van der Waals surface area contributed by atoms with Crippen molar-refractivity contribution in [2.24, 2.45) is 18.0 Å². The molecule has 1 atom stereocenters. The van der Waals surface area contributed by atoms with Gasteiger partial charge in [-0.3, -0.25) is 9.48 Å². The summed E-state index contributed by atoms with van der Waals surface area (Å²) in [5.41, 5.74) is 2.19. The van der Waals surface area contributed by atoms with Crippen LogP contribution in [0.4, 0.5) is 0 Å². The highest BCUT2D eigenvalue weighted by Crippen LogP contribution is 2.11. The van der Waals surface area contributed by atoms with E-state index in [2.05, 4.69) is 36.5 Å². The van der Waals surface area contributed by atoms with Gasteiger partial charge in [0.25, 0.3) is 0 Å². The topological polar surface area (TPSA) is 74.5 Å². The number of nitrogens with one attached hydrogen (secondary N) is 2. The molecule has 0 saturated heterocycles. The lowest BCUT2D eigenvalue weighted by Gasteiger charge is -2.19. The Hall–Kier alpha value is -2.05. The summed E-state index contributed by atoms with van der Waals surface area (Å²) < 4.78 is 1.83. The number of aromatic nitrogens is 2. The first-order valence-corrected chi connectivity index (χ1v) is 10.1. The summed E-state index contributed by atoms with van der Waals surface area (Å²) in [5, 5.41) is 11.1. The van der Waals surface area contributed by atoms with Gasteiger partial charge in [-0.2, -0.15) is 5.10 Å². The molecule has 1 heterocycles. The normalized spacial score (nSPS) is 12.7. The second-order valence-corrected chi connectivity index (χ2v) is 7.23. The van der Waals surface area contributed by atoms with E-state index < -0.39 is 0 Å². The first-order valence-electron chi connectivity index (χ1n) is 10.1. The van der Waals surface area contributed by atoms with Gasteiger partial charge in [0.1, 0.15) is 0 Å². The molecule has 0 radical (unpaired) electrons. The lowest BCUT2D eigenvalue weighted by atomic mass is 9.99. The lowest BCUT2D eigenvalue weighted by molar-refractivity contribution is -0.127. The van der Waals surface area contributed by atoms with Crippen molar-refractivity contribution in [2.75, 3.05) is 27.2 Å². The second kappa shape index (κ2) is 12.4. The molecule has 0 aliphatic rings. The van der Waals surface area contributed by atoms with Crippen LogP contribution in [0.15, 0.2) is 11.2 Å². The van der Waals surface area contributed by atoms with E-state index in [1.165, 1.54) is 19.3 Å². The predicted molar refractivity (Wildman–Crippen MR) is 112 cm³/mol. The first-order chi connectivity index (χ1) is 12.9. The summed E-state index contributed by atoms with van der Waals surface area (Å²) in [6.07, 6.45) is 7.71. The molecular weight excluding hydrogens is 340 g/mol. The third-order valence-corrected chi connectivity index (χ3v) is 4.74. The minimum Gasteiger partial charge on any atom is -0.356 e. The van der Waals surface area contributed by atoms with Crippen LogP contribution >= 0.6 is 0 Å². The van der Waals surface area contributed by atoms with Crippen LogP contribution in [0.3, 0.4) is 0 Å². The predicted octanol–water partition coefficient (Wildman–Crippen LogP) is 2.32. The van der Waals surface area contributed by atoms with Gasteiger partial charge in [0.05, 0.1) is 18.8 Å². The molecule has 0 spiro atoms. The van der Waals surface area contributed by atoms with Crippen LogP contribution in [0.2, 0.25) is 0 Å². The van der Waals surface area contributed by atoms with E-state index in [1.54, 1.807) is 19.0 Å². The van der Waals surface area contributed by atoms with Crippen molar-refractivity contribution >= 4 is 11.9 Å². The summed E-state index contributed by atoms with van der Waals surface area (Å²) in [4.78, 5) is 18.2. The monoisotopic (exact) mass is 378 g/mol. The minimum absolute atomic E-state index is 0.0261. The molecule has 0 bridgehead atoms. The molecule has 0 aliphatic carbocycles. The molecular formula is C20H38N6O. The lowest BCUT2D eigenvalue weighted by Crippen LogP contribution is -2.44. The molecule has 1 rings (SSSR count). The zero-order valence-electron chi connectivity index (χ0n) is 18.0. The van der Waals surface area contributed by atoms with Gasteiger partial charge in [0, 0.05) is 39.4 Å². The van der Waals surface area contributed by atoms with Crippen LogP contribution in [0.5, 0.6) is 0 Å². The Morgan fingerprint density at radius 1 is 1.30 bits per heavy atom. The fourth-order valence-corrected chi connectivity index (χ4v) is 2.85. The number of aryl methyl sites for hydroxylation is 2. The number of unbranched alkanes of at least 4 members (excludes halogenated alkanes) is 1. The molecule has 154 valence electrons. The van der Waals surface area contributed by atoms with Gasteiger partial charge in [0.2, 0.25) is 5.91 Å². The van der Waals surface area contributed by atoms with Crippen molar-refractivity contribution in [1.82, 2.24) is 25.3 Å². The summed E-state index contributed by atoms with van der Waals surface area (Å²) in [6.45, 7) is 8.20. The fourth-order valence-electron chi connectivity index (χ4n) is 2.85. The molecule has 2 N–H and O–H groups in total. The van der Waals surface area contributed by atoms with Crippen molar-refractivity contribution in [3.05, 3.63) is 17.5 Å². The van der Waals surface area contributed by atoms with Gasteiger partial charge >= 0.3 is 0 Å². The molecule has 1 amide bonds. The number of amides is 1. The van der Waals surface area contributed by atoms with Crippen molar-refractivity contribution in [2.45, 2.75) is 59.4 Å².